The minimum Gasteiger partial charge on any atom is -0.304 e. The Labute approximate surface area is 84.7 Å². The highest BCUT2D eigenvalue weighted by molar-refractivity contribution is 8.02. The van der Waals surface area contributed by atoms with E-state index in [1.165, 1.54) is 4.90 Å². The van der Waals surface area contributed by atoms with Crippen LogP contribution in [-0.2, 0) is 0 Å². The first-order chi connectivity index (χ1) is 6.08. The number of hydrogen-bond acceptors (Lipinski definition) is 1. The summed E-state index contributed by atoms with van der Waals surface area (Å²) in [4.78, 5) is 1.28. The highest BCUT2D eigenvalue weighted by Gasteiger charge is 1.98. The summed E-state index contributed by atoms with van der Waals surface area (Å²) in [7, 11) is 6.42. The molecule has 0 atom stereocenters. The topological polar surface area (TPSA) is 0 Å². The molecule has 0 heterocycles. The van der Waals surface area contributed by atoms with Crippen molar-refractivity contribution < 1.29 is 4.48 Å². The molecule has 70 valence electrons. The van der Waals surface area contributed by atoms with Gasteiger partial charge in [0.05, 0.1) is 21.1 Å². The van der Waals surface area contributed by atoms with Crippen molar-refractivity contribution in [3.05, 3.63) is 41.9 Å². The number of quaternary nitrogens is 1. The predicted octanol–water partition coefficient (Wildman–Crippen LogP) is 2.96. The first-order valence-electron chi connectivity index (χ1n) is 4.28. The molecule has 0 amide bonds. The molecule has 2 heteroatoms. The summed E-state index contributed by atoms with van der Waals surface area (Å²) < 4.78 is 0.861. The third kappa shape index (κ3) is 4.76. The largest absolute Gasteiger partial charge is 0.304 e. The van der Waals surface area contributed by atoms with Crippen LogP contribution in [0.4, 0.5) is 0 Å². The van der Waals surface area contributed by atoms with Gasteiger partial charge in [-0.15, -0.1) is 0 Å². The van der Waals surface area contributed by atoms with Crippen molar-refractivity contribution in [3.8, 4) is 0 Å². The van der Waals surface area contributed by atoms with Crippen LogP contribution < -0.4 is 0 Å². The van der Waals surface area contributed by atoms with Crippen LogP contribution in [0.2, 0.25) is 0 Å². The molecule has 0 radical (unpaired) electrons. The molecule has 0 bridgehead atoms. The summed E-state index contributed by atoms with van der Waals surface area (Å²) in [6, 6.07) is 10.4. The second-order valence-corrected chi connectivity index (χ2v) is 4.81. The maximum absolute atomic E-state index is 2.16. The van der Waals surface area contributed by atoms with E-state index >= 15 is 0 Å². The van der Waals surface area contributed by atoms with Gasteiger partial charge in [0.1, 0.15) is 6.20 Å². The number of thioether (sulfide) groups is 1. The second-order valence-electron chi connectivity index (χ2n) is 3.83. The summed E-state index contributed by atoms with van der Waals surface area (Å²) in [6.45, 7) is 0. The molecule has 0 unspecified atom stereocenters. The summed E-state index contributed by atoms with van der Waals surface area (Å²) in [5.41, 5.74) is 0. The van der Waals surface area contributed by atoms with E-state index in [0.29, 0.717) is 0 Å². The number of hydrogen-bond donors (Lipinski definition) is 0. The lowest BCUT2D eigenvalue weighted by Crippen LogP contribution is -2.26. The lowest BCUT2D eigenvalue weighted by molar-refractivity contribution is -0.817. The maximum Gasteiger partial charge on any atom is 0.102 e. The zero-order valence-electron chi connectivity index (χ0n) is 8.40. The average molecular weight is 194 g/mol. The molecule has 0 aliphatic rings. The van der Waals surface area contributed by atoms with Crippen LogP contribution in [0, 0.1) is 0 Å². The summed E-state index contributed by atoms with van der Waals surface area (Å²) >= 11 is 1.75. The quantitative estimate of drug-likeness (QED) is 0.526. The van der Waals surface area contributed by atoms with Crippen LogP contribution in [0.5, 0.6) is 0 Å². The van der Waals surface area contributed by atoms with Crippen molar-refractivity contribution in [1.82, 2.24) is 0 Å². The Bertz CT molecular complexity index is 272. The molecule has 0 aromatic heterocycles. The Morgan fingerprint density at radius 1 is 1.08 bits per heavy atom. The molecule has 0 N–H and O–H groups in total. The fourth-order valence-electron chi connectivity index (χ4n) is 0.791. The number of nitrogens with zero attached hydrogens (tertiary/aromatic N) is 1. The van der Waals surface area contributed by atoms with Crippen LogP contribution in [0.3, 0.4) is 0 Å². The lowest BCUT2D eigenvalue weighted by atomic mass is 10.4. The molecule has 1 nitrogen and oxygen atoms in total. The Balaban J connectivity index is 2.49. The summed E-state index contributed by atoms with van der Waals surface area (Å²) in [6.07, 6.45) is 2.16. The van der Waals surface area contributed by atoms with Crippen molar-refractivity contribution in [2.75, 3.05) is 21.1 Å². The zero-order chi connectivity index (χ0) is 9.73. The minimum atomic E-state index is 0.861. The molecule has 0 fully saturated rings. The fourth-order valence-corrected chi connectivity index (χ4v) is 1.69. The third-order valence-corrected chi connectivity index (χ3v) is 2.26. The molecule has 1 aromatic rings. The van der Waals surface area contributed by atoms with Crippen molar-refractivity contribution in [2.45, 2.75) is 4.90 Å². The molecular formula is C11H16NS+. The average Bonchev–Trinajstić information content (AvgIpc) is 2.04. The van der Waals surface area contributed by atoms with E-state index in [0.717, 1.165) is 4.48 Å². The molecule has 13 heavy (non-hydrogen) atoms. The van der Waals surface area contributed by atoms with E-state index in [4.69, 9.17) is 0 Å². The lowest BCUT2D eigenvalue weighted by Gasteiger charge is -2.16. The van der Waals surface area contributed by atoms with Gasteiger partial charge in [0.15, 0.2) is 0 Å². The highest BCUT2D eigenvalue weighted by Crippen LogP contribution is 2.18. The summed E-state index contributed by atoms with van der Waals surface area (Å²) in [5, 5.41) is 2.13. The standard InChI is InChI=1S/C11H16NS/c1-12(2,3)9-10-13-11-7-5-4-6-8-11/h4-10H,1-3H3/q+1/b10-9-. The molecule has 0 aliphatic heterocycles. The first kappa shape index (κ1) is 10.4. The Hall–Kier alpha value is -0.730. The maximum atomic E-state index is 2.16. The zero-order valence-corrected chi connectivity index (χ0v) is 9.21. The molecule has 1 aromatic carbocycles. The van der Waals surface area contributed by atoms with E-state index < -0.39 is 0 Å². The smallest absolute Gasteiger partial charge is 0.102 e. The van der Waals surface area contributed by atoms with Gasteiger partial charge in [0.2, 0.25) is 0 Å². The molecule has 0 saturated heterocycles. The van der Waals surface area contributed by atoms with Gasteiger partial charge < -0.3 is 4.48 Å². The van der Waals surface area contributed by atoms with Crippen LogP contribution in [0.25, 0.3) is 0 Å². The van der Waals surface area contributed by atoms with Crippen LogP contribution in [-0.4, -0.2) is 25.6 Å². The van der Waals surface area contributed by atoms with Gasteiger partial charge in [-0.1, -0.05) is 30.0 Å². The van der Waals surface area contributed by atoms with Gasteiger partial charge in [-0.05, 0) is 12.1 Å². The number of benzene rings is 1. The Kier molecular flexibility index (Phi) is 3.58. The van der Waals surface area contributed by atoms with Gasteiger partial charge in [-0.2, -0.15) is 0 Å². The van der Waals surface area contributed by atoms with Gasteiger partial charge >= 0.3 is 0 Å². The van der Waals surface area contributed by atoms with Crippen molar-refractivity contribution in [1.29, 1.82) is 0 Å². The van der Waals surface area contributed by atoms with Crippen LogP contribution >= 0.6 is 11.8 Å². The highest BCUT2D eigenvalue weighted by atomic mass is 32.2. The van der Waals surface area contributed by atoms with E-state index in [-0.39, 0.29) is 0 Å². The van der Waals surface area contributed by atoms with Crippen LogP contribution in [0.1, 0.15) is 0 Å². The molecule has 0 aliphatic carbocycles. The molecule has 0 saturated carbocycles. The van der Waals surface area contributed by atoms with Crippen molar-refractivity contribution in [2.24, 2.45) is 0 Å². The minimum absolute atomic E-state index is 0.861. The van der Waals surface area contributed by atoms with Crippen molar-refractivity contribution >= 4 is 11.8 Å². The van der Waals surface area contributed by atoms with E-state index in [1.807, 2.05) is 6.07 Å². The van der Waals surface area contributed by atoms with Gasteiger partial charge in [-0.25, -0.2) is 0 Å². The third-order valence-electron chi connectivity index (χ3n) is 1.46. The van der Waals surface area contributed by atoms with Gasteiger partial charge in [-0.3, -0.25) is 0 Å². The number of rotatable bonds is 3. The Morgan fingerprint density at radius 3 is 2.23 bits per heavy atom. The van der Waals surface area contributed by atoms with E-state index in [2.05, 4.69) is 57.0 Å². The Morgan fingerprint density at radius 2 is 1.69 bits per heavy atom. The normalized spacial score (nSPS) is 12.2. The molecular weight excluding hydrogens is 178 g/mol. The molecule has 0 spiro atoms. The van der Waals surface area contributed by atoms with E-state index in [1.54, 1.807) is 11.8 Å². The van der Waals surface area contributed by atoms with Crippen LogP contribution in [0.15, 0.2) is 46.8 Å². The fraction of sp³-hybridized carbons (Fsp3) is 0.273. The van der Waals surface area contributed by atoms with E-state index in [9.17, 15) is 0 Å². The predicted molar refractivity (Wildman–Crippen MR) is 59.5 cm³/mol. The summed E-state index contributed by atoms with van der Waals surface area (Å²) in [5.74, 6) is 0. The van der Waals surface area contributed by atoms with Crippen molar-refractivity contribution in [3.63, 3.8) is 0 Å². The van der Waals surface area contributed by atoms with Gasteiger partial charge in [0.25, 0.3) is 0 Å². The second kappa shape index (κ2) is 4.49. The monoisotopic (exact) mass is 194 g/mol. The van der Waals surface area contributed by atoms with Gasteiger partial charge in [0, 0.05) is 10.3 Å². The molecule has 1 rings (SSSR count). The first-order valence-corrected chi connectivity index (χ1v) is 5.16. The SMILES string of the molecule is C[N+](C)(C)/C=C\Sc1ccccc1.